The second-order valence-electron chi connectivity index (χ2n) is 3.61. The second-order valence-corrected chi connectivity index (χ2v) is 4.41. The molecule has 0 aliphatic heterocycles. The Labute approximate surface area is 118 Å². The van der Waals surface area contributed by atoms with Gasteiger partial charge in [-0.1, -0.05) is 0 Å². The summed E-state index contributed by atoms with van der Waals surface area (Å²) in [5, 5.41) is 11.7. The van der Waals surface area contributed by atoms with Gasteiger partial charge in [0.1, 0.15) is 6.07 Å². The first-order chi connectivity index (χ1) is 9.15. The van der Waals surface area contributed by atoms with Crippen molar-refractivity contribution in [2.24, 2.45) is 0 Å². The van der Waals surface area contributed by atoms with Crippen LogP contribution in [0.4, 0.5) is 15.8 Å². The third-order valence-corrected chi connectivity index (χ3v) is 3.20. The molecule has 0 bridgehead atoms. The lowest BCUT2D eigenvalue weighted by Crippen LogP contribution is -1.97. The maximum Gasteiger partial charge on any atom is 0.213 e. The summed E-state index contributed by atoms with van der Waals surface area (Å²) in [6, 6.07) is 8.32. The number of aromatic nitrogens is 1. The van der Waals surface area contributed by atoms with E-state index < -0.39 is 5.82 Å². The molecule has 0 radical (unpaired) electrons. The molecule has 0 unspecified atom stereocenters. The molecule has 0 spiro atoms. The van der Waals surface area contributed by atoms with E-state index in [9.17, 15) is 4.39 Å². The van der Waals surface area contributed by atoms with Crippen molar-refractivity contribution >= 4 is 27.3 Å². The van der Waals surface area contributed by atoms with E-state index in [2.05, 4.69) is 26.2 Å². The van der Waals surface area contributed by atoms with Crippen molar-refractivity contribution in [3.63, 3.8) is 0 Å². The van der Waals surface area contributed by atoms with E-state index in [0.717, 1.165) is 0 Å². The molecule has 96 valence electrons. The van der Waals surface area contributed by atoms with Crippen molar-refractivity contribution in [3.05, 3.63) is 46.3 Å². The molecule has 1 aromatic carbocycles. The molecule has 6 heteroatoms. The Hall–Kier alpha value is -2.13. The largest absolute Gasteiger partial charge is 0.481 e. The van der Waals surface area contributed by atoms with Gasteiger partial charge in [-0.05, 0) is 34.1 Å². The van der Waals surface area contributed by atoms with Crippen LogP contribution in [-0.2, 0) is 0 Å². The molecule has 1 aromatic heterocycles. The minimum absolute atomic E-state index is 0.140. The third-order valence-electron chi connectivity index (χ3n) is 2.43. The first-order valence-corrected chi connectivity index (χ1v) is 6.10. The number of pyridine rings is 1. The summed E-state index contributed by atoms with van der Waals surface area (Å²) in [6.45, 7) is 0. The van der Waals surface area contributed by atoms with Gasteiger partial charge >= 0.3 is 0 Å². The van der Waals surface area contributed by atoms with Crippen LogP contribution in [-0.4, -0.2) is 12.1 Å². The fourth-order valence-electron chi connectivity index (χ4n) is 1.46. The van der Waals surface area contributed by atoms with Gasteiger partial charge in [0.15, 0.2) is 5.82 Å². The summed E-state index contributed by atoms with van der Waals surface area (Å²) < 4.78 is 19.1. The van der Waals surface area contributed by atoms with E-state index in [1.54, 1.807) is 12.1 Å². The fourth-order valence-corrected chi connectivity index (χ4v) is 1.90. The van der Waals surface area contributed by atoms with E-state index in [1.165, 1.54) is 25.4 Å². The van der Waals surface area contributed by atoms with E-state index in [-0.39, 0.29) is 15.7 Å². The van der Waals surface area contributed by atoms with Crippen molar-refractivity contribution in [3.8, 4) is 11.9 Å². The molecule has 0 atom stereocenters. The number of halogens is 2. The number of rotatable bonds is 3. The Morgan fingerprint density at radius 1 is 1.37 bits per heavy atom. The Morgan fingerprint density at radius 2 is 2.16 bits per heavy atom. The highest BCUT2D eigenvalue weighted by molar-refractivity contribution is 9.10. The number of nitrogens with one attached hydrogen (secondary N) is 1. The van der Waals surface area contributed by atoms with Gasteiger partial charge in [0, 0.05) is 6.07 Å². The summed E-state index contributed by atoms with van der Waals surface area (Å²) >= 11 is 3.05. The molecule has 0 fully saturated rings. The lowest BCUT2D eigenvalue weighted by molar-refractivity contribution is 0.398. The number of benzene rings is 1. The van der Waals surface area contributed by atoms with Gasteiger partial charge in [0.05, 0.1) is 34.7 Å². The van der Waals surface area contributed by atoms with E-state index in [1.807, 2.05) is 6.07 Å². The first-order valence-electron chi connectivity index (χ1n) is 5.31. The van der Waals surface area contributed by atoms with Gasteiger partial charge in [0.25, 0.3) is 0 Å². The number of methoxy groups -OCH3 is 1. The van der Waals surface area contributed by atoms with Crippen LogP contribution >= 0.6 is 15.9 Å². The molecule has 0 aliphatic rings. The fraction of sp³-hybridized carbons (Fsp3) is 0.0769. The summed E-state index contributed by atoms with van der Waals surface area (Å²) in [5.74, 6) is -0.0399. The van der Waals surface area contributed by atoms with E-state index in [4.69, 9.17) is 10.00 Å². The topological polar surface area (TPSA) is 57.9 Å². The maximum absolute atomic E-state index is 14.0. The van der Waals surface area contributed by atoms with Crippen molar-refractivity contribution in [1.82, 2.24) is 4.98 Å². The molecule has 0 amide bonds. The van der Waals surface area contributed by atoms with Crippen LogP contribution in [0.1, 0.15) is 5.56 Å². The summed E-state index contributed by atoms with van der Waals surface area (Å²) in [4.78, 5) is 4.01. The SMILES string of the molecule is COc1ccc(Nc2ccc(C#N)c(Br)c2F)cn1. The zero-order valence-electron chi connectivity index (χ0n) is 9.95. The summed E-state index contributed by atoms with van der Waals surface area (Å²) in [6.07, 6.45) is 1.53. The van der Waals surface area contributed by atoms with Crippen molar-refractivity contribution in [2.45, 2.75) is 0 Å². The van der Waals surface area contributed by atoms with Crippen molar-refractivity contribution in [2.75, 3.05) is 12.4 Å². The Morgan fingerprint density at radius 3 is 2.74 bits per heavy atom. The number of nitrogens with zero attached hydrogens (tertiary/aromatic N) is 2. The van der Waals surface area contributed by atoms with Gasteiger partial charge in [-0.25, -0.2) is 9.37 Å². The third kappa shape index (κ3) is 2.83. The quantitative estimate of drug-likeness (QED) is 0.938. The Kier molecular flexibility index (Phi) is 3.97. The lowest BCUT2D eigenvalue weighted by Gasteiger charge is -2.09. The first kappa shape index (κ1) is 13.3. The maximum atomic E-state index is 14.0. The number of ether oxygens (including phenoxy) is 1. The van der Waals surface area contributed by atoms with Crippen LogP contribution in [0.3, 0.4) is 0 Å². The van der Waals surface area contributed by atoms with Crippen LogP contribution in [0.25, 0.3) is 0 Å². The number of hydrogen-bond donors (Lipinski definition) is 1. The van der Waals surface area contributed by atoms with Crippen LogP contribution in [0, 0.1) is 17.1 Å². The average molecular weight is 322 g/mol. The van der Waals surface area contributed by atoms with Crippen LogP contribution in [0.15, 0.2) is 34.9 Å². The molecule has 2 rings (SSSR count). The molecule has 4 nitrogen and oxygen atoms in total. The Balaban J connectivity index is 2.28. The average Bonchev–Trinajstić information content (AvgIpc) is 2.45. The predicted octanol–water partition coefficient (Wildman–Crippen LogP) is 3.61. The molecule has 0 aliphatic carbocycles. The van der Waals surface area contributed by atoms with Gasteiger partial charge in [-0.2, -0.15) is 5.26 Å². The van der Waals surface area contributed by atoms with Crippen molar-refractivity contribution < 1.29 is 9.13 Å². The molecule has 1 N–H and O–H groups in total. The highest BCUT2D eigenvalue weighted by Gasteiger charge is 2.11. The summed E-state index contributed by atoms with van der Waals surface area (Å²) in [7, 11) is 1.52. The number of nitriles is 1. The van der Waals surface area contributed by atoms with Gasteiger partial charge in [0.2, 0.25) is 5.88 Å². The van der Waals surface area contributed by atoms with Gasteiger partial charge < -0.3 is 10.1 Å². The minimum Gasteiger partial charge on any atom is -0.481 e. The molecule has 2 aromatic rings. The summed E-state index contributed by atoms with van der Waals surface area (Å²) in [5.41, 5.74) is 1.13. The normalized spacial score (nSPS) is 9.79. The number of anilines is 2. The monoisotopic (exact) mass is 321 g/mol. The van der Waals surface area contributed by atoms with E-state index in [0.29, 0.717) is 11.6 Å². The van der Waals surface area contributed by atoms with Gasteiger partial charge in [-0.3, -0.25) is 0 Å². The van der Waals surface area contributed by atoms with Crippen LogP contribution in [0.5, 0.6) is 5.88 Å². The Bertz CT molecular complexity index is 638. The molecule has 0 saturated carbocycles. The molecular weight excluding hydrogens is 313 g/mol. The van der Waals surface area contributed by atoms with Crippen LogP contribution < -0.4 is 10.1 Å². The zero-order chi connectivity index (χ0) is 13.8. The molecule has 1 heterocycles. The van der Waals surface area contributed by atoms with Gasteiger partial charge in [-0.15, -0.1) is 0 Å². The highest BCUT2D eigenvalue weighted by Crippen LogP contribution is 2.28. The smallest absolute Gasteiger partial charge is 0.213 e. The number of hydrogen-bond acceptors (Lipinski definition) is 4. The molecular formula is C13H9BrFN3O. The minimum atomic E-state index is -0.519. The predicted molar refractivity (Wildman–Crippen MR) is 72.9 cm³/mol. The molecule has 19 heavy (non-hydrogen) atoms. The van der Waals surface area contributed by atoms with E-state index >= 15 is 0 Å². The van der Waals surface area contributed by atoms with Crippen LogP contribution in [0.2, 0.25) is 0 Å². The lowest BCUT2D eigenvalue weighted by atomic mass is 10.2. The standard InChI is InChI=1S/C13H9BrFN3O/c1-19-11-5-3-9(7-17-11)18-10-4-2-8(6-16)12(14)13(10)15/h2-5,7,18H,1H3. The zero-order valence-corrected chi connectivity index (χ0v) is 11.5. The second kappa shape index (κ2) is 5.67. The highest BCUT2D eigenvalue weighted by atomic mass is 79.9. The molecule has 0 saturated heterocycles. The van der Waals surface area contributed by atoms with Crippen molar-refractivity contribution in [1.29, 1.82) is 5.26 Å².